The van der Waals surface area contributed by atoms with Crippen LogP contribution < -0.4 is 20.7 Å². The van der Waals surface area contributed by atoms with Gasteiger partial charge in [-0.2, -0.15) is 0 Å². The van der Waals surface area contributed by atoms with Crippen LogP contribution in [-0.2, 0) is 16.1 Å². The number of anilines is 2. The standard InChI is InChI=1S/C28H27BrClF2N3O5/c1-28(2,39-3)27(38)33-14-16-4-10-22(30)20(12-16)25(36)35-19-9-11-23(40-15-24(31)32)21(13-19)26(37)34-18-7-5-17(29)6-8-18/h4-13,24H,14-15H2,1-3H3,(H,33,38)(H,34,37)(H,35,36). The minimum Gasteiger partial charge on any atom is -0.487 e. The third kappa shape index (κ3) is 8.48. The molecule has 212 valence electrons. The van der Waals surface area contributed by atoms with Gasteiger partial charge in [-0.05, 0) is 74.0 Å². The van der Waals surface area contributed by atoms with Gasteiger partial charge in [0.15, 0.2) is 0 Å². The predicted molar refractivity (Wildman–Crippen MR) is 152 cm³/mol. The van der Waals surface area contributed by atoms with Crippen LogP contribution in [0.15, 0.2) is 65.1 Å². The van der Waals surface area contributed by atoms with Crippen molar-refractivity contribution < 1.29 is 32.6 Å². The second-order valence-electron chi connectivity index (χ2n) is 9.04. The molecule has 0 aliphatic rings. The summed E-state index contributed by atoms with van der Waals surface area (Å²) < 4.78 is 36.7. The Morgan fingerprint density at radius 2 is 1.55 bits per heavy atom. The second kappa shape index (κ2) is 13.7. The van der Waals surface area contributed by atoms with E-state index >= 15 is 0 Å². The lowest BCUT2D eigenvalue weighted by Crippen LogP contribution is -2.43. The number of halogens is 4. The van der Waals surface area contributed by atoms with Gasteiger partial charge in [0.25, 0.3) is 24.1 Å². The van der Waals surface area contributed by atoms with Gasteiger partial charge in [0.05, 0.1) is 16.1 Å². The lowest BCUT2D eigenvalue weighted by atomic mass is 10.1. The number of nitrogens with one attached hydrogen (secondary N) is 3. The molecular weight excluding hydrogens is 612 g/mol. The maximum absolute atomic E-state index is 13.1. The van der Waals surface area contributed by atoms with Crippen molar-refractivity contribution in [3.05, 3.63) is 86.8 Å². The fraction of sp³-hybridized carbons (Fsp3) is 0.250. The van der Waals surface area contributed by atoms with E-state index in [4.69, 9.17) is 21.1 Å². The number of rotatable bonds is 11. The Morgan fingerprint density at radius 3 is 2.20 bits per heavy atom. The monoisotopic (exact) mass is 637 g/mol. The average molecular weight is 639 g/mol. The normalized spacial score (nSPS) is 11.2. The third-order valence-corrected chi connectivity index (χ3v) is 6.59. The zero-order chi connectivity index (χ0) is 29.4. The highest BCUT2D eigenvalue weighted by atomic mass is 79.9. The molecule has 3 amide bonds. The molecule has 0 unspecified atom stereocenters. The summed E-state index contributed by atoms with van der Waals surface area (Å²) in [5, 5.41) is 8.24. The summed E-state index contributed by atoms with van der Waals surface area (Å²) in [6.07, 6.45) is -2.75. The number of carbonyl (C=O) groups excluding carboxylic acids is 3. The average Bonchev–Trinajstić information content (AvgIpc) is 2.92. The van der Waals surface area contributed by atoms with Crippen molar-refractivity contribution in [3.8, 4) is 5.75 Å². The van der Waals surface area contributed by atoms with Gasteiger partial charge in [0.2, 0.25) is 0 Å². The van der Waals surface area contributed by atoms with Gasteiger partial charge < -0.3 is 25.4 Å². The Bertz CT molecular complexity index is 1390. The summed E-state index contributed by atoms with van der Waals surface area (Å²) in [5.41, 5.74) is 0.307. The van der Waals surface area contributed by atoms with E-state index < -0.39 is 30.4 Å². The van der Waals surface area contributed by atoms with Crippen molar-refractivity contribution in [2.24, 2.45) is 0 Å². The number of benzene rings is 3. The zero-order valence-electron chi connectivity index (χ0n) is 21.8. The molecule has 0 saturated heterocycles. The van der Waals surface area contributed by atoms with E-state index in [0.717, 1.165) is 4.47 Å². The molecule has 0 bridgehead atoms. The Hall–Kier alpha value is -3.54. The lowest BCUT2D eigenvalue weighted by Gasteiger charge is -2.21. The summed E-state index contributed by atoms with van der Waals surface area (Å²) in [6.45, 7) is 2.46. The first-order valence-electron chi connectivity index (χ1n) is 11.9. The van der Waals surface area contributed by atoms with E-state index in [1.54, 1.807) is 44.2 Å². The van der Waals surface area contributed by atoms with Crippen LogP contribution in [0.5, 0.6) is 5.75 Å². The first kappa shape index (κ1) is 31.0. The van der Waals surface area contributed by atoms with E-state index in [1.165, 1.54) is 37.4 Å². The topological polar surface area (TPSA) is 106 Å². The van der Waals surface area contributed by atoms with Gasteiger partial charge in [0.1, 0.15) is 18.0 Å². The highest BCUT2D eigenvalue weighted by molar-refractivity contribution is 9.10. The molecule has 0 spiro atoms. The largest absolute Gasteiger partial charge is 0.487 e. The molecule has 3 aromatic rings. The number of hydrogen-bond acceptors (Lipinski definition) is 5. The molecule has 3 aromatic carbocycles. The maximum Gasteiger partial charge on any atom is 0.272 e. The van der Waals surface area contributed by atoms with Crippen LogP contribution >= 0.6 is 27.5 Å². The highest BCUT2D eigenvalue weighted by Gasteiger charge is 2.26. The fourth-order valence-corrected chi connectivity index (χ4v) is 3.81. The predicted octanol–water partition coefficient (Wildman–Crippen LogP) is 6.29. The molecule has 0 aliphatic heterocycles. The highest BCUT2D eigenvalue weighted by Crippen LogP contribution is 2.27. The van der Waals surface area contributed by atoms with Crippen LogP contribution in [0.3, 0.4) is 0 Å². The van der Waals surface area contributed by atoms with E-state index in [1.807, 2.05) is 0 Å². The number of hydrogen-bond donors (Lipinski definition) is 3. The second-order valence-corrected chi connectivity index (χ2v) is 10.4. The van der Waals surface area contributed by atoms with E-state index in [9.17, 15) is 23.2 Å². The Labute approximate surface area is 243 Å². The van der Waals surface area contributed by atoms with E-state index in [-0.39, 0.29) is 40.0 Å². The van der Waals surface area contributed by atoms with Crippen molar-refractivity contribution >= 4 is 56.6 Å². The van der Waals surface area contributed by atoms with Crippen LogP contribution in [0.25, 0.3) is 0 Å². The number of ether oxygens (including phenoxy) is 2. The molecule has 0 saturated carbocycles. The van der Waals surface area contributed by atoms with Crippen molar-refractivity contribution in [2.45, 2.75) is 32.4 Å². The van der Waals surface area contributed by atoms with Crippen LogP contribution in [0.1, 0.15) is 40.1 Å². The van der Waals surface area contributed by atoms with Crippen molar-refractivity contribution in [2.75, 3.05) is 24.4 Å². The number of methoxy groups -OCH3 is 1. The molecule has 0 atom stereocenters. The lowest BCUT2D eigenvalue weighted by molar-refractivity contribution is -0.139. The fourth-order valence-electron chi connectivity index (χ4n) is 3.34. The Kier molecular flexibility index (Phi) is 10.6. The van der Waals surface area contributed by atoms with Crippen LogP contribution in [0.4, 0.5) is 20.2 Å². The van der Waals surface area contributed by atoms with Crippen molar-refractivity contribution in [1.82, 2.24) is 5.32 Å². The van der Waals surface area contributed by atoms with Crippen molar-refractivity contribution in [1.29, 1.82) is 0 Å². The SMILES string of the molecule is COC(C)(C)C(=O)NCc1ccc(Cl)c(C(=O)Nc2ccc(OCC(F)F)c(C(=O)Nc3ccc(Br)cc3)c2)c1. The summed E-state index contributed by atoms with van der Waals surface area (Å²) in [5.74, 6) is -1.63. The zero-order valence-corrected chi connectivity index (χ0v) is 24.2. The molecular formula is C28H27BrClF2N3O5. The molecule has 40 heavy (non-hydrogen) atoms. The molecule has 0 aromatic heterocycles. The quantitative estimate of drug-likeness (QED) is 0.229. The minimum atomic E-state index is -2.75. The first-order chi connectivity index (χ1) is 18.9. The van der Waals surface area contributed by atoms with Gasteiger partial charge in [-0.15, -0.1) is 0 Å². The molecule has 0 radical (unpaired) electrons. The molecule has 0 heterocycles. The van der Waals surface area contributed by atoms with Gasteiger partial charge in [-0.1, -0.05) is 33.6 Å². The molecule has 0 aliphatic carbocycles. The van der Waals surface area contributed by atoms with E-state index in [0.29, 0.717) is 11.3 Å². The Balaban J connectivity index is 1.81. The smallest absolute Gasteiger partial charge is 0.272 e. The van der Waals surface area contributed by atoms with Gasteiger partial charge >= 0.3 is 0 Å². The first-order valence-corrected chi connectivity index (χ1v) is 13.1. The number of amides is 3. The molecule has 3 rings (SSSR count). The molecule has 0 fully saturated rings. The van der Waals surface area contributed by atoms with Crippen molar-refractivity contribution in [3.63, 3.8) is 0 Å². The number of alkyl halides is 2. The molecule has 3 N–H and O–H groups in total. The summed E-state index contributed by atoms with van der Waals surface area (Å²) in [6, 6.07) is 15.5. The summed E-state index contributed by atoms with van der Waals surface area (Å²) in [4.78, 5) is 38.4. The van der Waals surface area contributed by atoms with E-state index in [2.05, 4.69) is 31.9 Å². The van der Waals surface area contributed by atoms with Gasteiger partial charge in [-0.25, -0.2) is 8.78 Å². The number of carbonyl (C=O) groups is 3. The third-order valence-electron chi connectivity index (χ3n) is 5.73. The van der Waals surface area contributed by atoms with Crippen LogP contribution in [-0.4, -0.2) is 43.5 Å². The maximum atomic E-state index is 13.1. The molecule has 8 nitrogen and oxygen atoms in total. The summed E-state index contributed by atoms with van der Waals surface area (Å²) in [7, 11) is 1.43. The van der Waals surface area contributed by atoms with Gasteiger partial charge in [-0.3, -0.25) is 14.4 Å². The minimum absolute atomic E-state index is 0.0651. The van der Waals surface area contributed by atoms with Crippen LogP contribution in [0, 0.1) is 0 Å². The van der Waals surface area contributed by atoms with Gasteiger partial charge in [0, 0.05) is 29.5 Å². The Morgan fingerprint density at radius 1 is 0.925 bits per heavy atom. The van der Waals surface area contributed by atoms with Crippen LogP contribution in [0.2, 0.25) is 5.02 Å². The summed E-state index contributed by atoms with van der Waals surface area (Å²) >= 11 is 9.58. The molecule has 12 heteroatoms.